The van der Waals surface area contributed by atoms with Crippen LogP contribution in [0, 0.1) is 11.3 Å². The molecule has 1 atom stereocenters. The topological polar surface area (TPSA) is 62.6 Å². The van der Waals surface area contributed by atoms with Crippen molar-refractivity contribution in [1.82, 2.24) is 5.06 Å². The molecule has 1 aliphatic heterocycles. The Labute approximate surface area is 118 Å². The van der Waals surface area contributed by atoms with Crippen LogP contribution in [0.4, 0.5) is 4.79 Å². The number of hydroxylamine groups is 2. The molecule has 0 aromatic heterocycles. The number of rotatable bonds is 1. The lowest BCUT2D eigenvalue weighted by Crippen LogP contribution is -2.35. The molecule has 1 amide bonds. The molecule has 1 aromatic carbocycles. The maximum absolute atomic E-state index is 12.1. The molecule has 5 heteroatoms. The van der Waals surface area contributed by atoms with Crippen molar-refractivity contribution in [2.75, 3.05) is 6.61 Å². The molecule has 0 N–H and O–H groups in total. The first-order valence-electron chi connectivity index (χ1n) is 6.56. The van der Waals surface area contributed by atoms with Crippen molar-refractivity contribution in [3.63, 3.8) is 0 Å². The number of nitriles is 1. The molecule has 1 aliphatic rings. The average molecular weight is 274 g/mol. The number of carbonyl (C=O) groups excluding carboxylic acids is 1. The highest BCUT2D eigenvalue weighted by Crippen LogP contribution is 2.31. The Morgan fingerprint density at radius 2 is 2.05 bits per heavy atom. The van der Waals surface area contributed by atoms with E-state index >= 15 is 0 Å². The number of hydrogen-bond donors (Lipinski definition) is 0. The third-order valence-corrected chi connectivity index (χ3v) is 2.90. The van der Waals surface area contributed by atoms with Gasteiger partial charge in [-0.25, -0.2) is 4.79 Å². The first-order valence-corrected chi connectivity index (χ1v) is 6.56. The van der Waals surface area contributed by atoms with Crippen molar-refractivity contribution in [1.29, 1.82) is 5.26 Å². The summed E-state index contributed by atoms with van der Waals surface area (Å²) in [5, 5.41) is 10.1. The van der Waals surface area contributed by atoms with Gasteiger partial charge in [0, 0.05) is 6.42 Å². The second-order valence-electron chi connectivity index (χ2n) is 5.68. The number of ether oxygens (including phenoxy) is 1. The van der Waals surface area contributed by atoms with Gasteiger partial charge in [-0.05, 0) is 38.5 Å². The minimum absolute atomic E-state index is 0.169. The van der Waals surface area contributed by atoms with Crippen LogP contribution in [0.15, 0.2) is 24.3 Å². The van der Waals surface area contributed by atoms with Crippen molar-refractivity contribution in [3.8, 4) is 6.07 Å². The highest BCUT2D eigenvalue weighted by Gasteiger charge is 2.34. The molecule has 0 saturated carbocycles. The molecule has 1 saturated heterocycles. The van der Waals surface area contributed by atoms with E-state index in [4.69, 9.17) is 14.8 Å². The van der Waals surface area contributed by atoms with Crippen LogP contribution < -0.4 is 0 Å². The second kappa shape index (κ2) is 5.51. The minimum Gasteiger partial charge on any atom is -0.442 e. The number of benzene rings is 1. The summed E-state index contributed by atoms with van der Waals surface area (Å²) in [6, 6.07) is 9.06. The monoisotopic (exact) mass is 274 g/mol. The lowest BCUT2D eigenvalue weighted by atomic mass is 10.0. The molecular weight excluding hydrogens is 256 g/mol. The van der Waals surface area contributed by atoms with Gasteiger partial charge in [0.2, 0.25) is 0 Å². The quantitative estimate of drug-likeness (QED) is 0.789. The van der Waals surface area contributed by atoms with E-state index in [2.05, 4.69) is 6.07 Å². The molecule has 1 heterocycles. The Morgan fingerprint density at radius 3 is 2.60 bits per heavy atom. The largest absolute Gasteiger partial charge is 0.442 e. The van der Waals surface area contributed by atoms with Gasteiger partial charge in [0.25, 0.3) is 0 Å². The van der Waals surface area contributed by atoms with Crippen molar-refractivity contribution in [2.24, 2.45) is 0 Å². The maximum atomic E-state index is 12.1. The van der Waals surface area contributed by atoms with E-state index in [1.807, 2.05) is 32.9 Å². The van der Waals surface area contributed by atoms with Gasteiger partial charge in [0.15, 0.2) is 0 Å². The fourth-order valence-electron chi connectivity index (χ4n) is 2.04. The van der Waals surface area contributed by atoms with E-state index in [9.17, 15) is 4.79 Å². The zero-order valence-corrected chi connectivity index (χ0v) is 11.9. The van der Waals surface area contributed by atoms with E-state index in [0.717, 1.165) is 5.56 Å². The van der Waals surface area contributed by atoms with Crippen LogP contribution in [0.2, 0.25) is 0 Å². The minimum atomic E-state index is -0.557. The van der Waals surface area contributed by atoms with Crippen LogP contribution in [-0.2, 0) is 9.57 Å². The summed E-state index contributed by atoms with van der Waals surface area (Å²) in [6.07, 6.45) is 0.231. The fraction of sp³-hybridized carbons (Fsp3) is 0.467. The lowest BCUT2D eigenvalue weighted by molar-refractivity contribution is -0.125. The summed E-state index contributed by atoms with van der Waals surface area (Å²) in [4.78, 5) is 17.5. The molecular formula is C15H18N2O3. The van der Waals surface area contributed by atoms with E-state index in [-0.39, 0.29) is 6.04 Å². The van der Waals surface area contributed by atoms with Crippen molar-refractivity contribution in [3.05, 3.63) is 35.4 Å². The van der Waals surface area contributed by atoms with Crippen LogP contribution in [-0.4, -0.2) is 23.4 Å². The molecule has 20 heavy (non-hydrogen) atoms. The normalized spacial score (nSPS) is 18.7. The van der Waals surface area contributed by atoms with Gasteiger partial charge >= 0.3 is 6.09 Å². The highest BCUT2D eigenvalue weighted by atomic mass is 16.7. The van der Waals surface area contributed by atoms with Gasteiger partial charge < -0.3 is 4.74 Å². The summed E-state index contributed by atoms with van der Waals surface area (Å²) < 4.78 is 5.33. The zero-order valence-electron chi connectivity index (χ0n) is 11.9. The summed E-state index contributed by atoms with van der Waals surface area (Å²) in [6.45, 7) is 5.93. The molecule has 0 radical (unpaired) electrons. The van der Waals surface area contributed by atoms with Crippen molar-refractivity contribution >= 4 is 6.09 Å². The summed E-state index contributed by atoms with van der Waals surface area (Å²) in [5.74, 6) is 0. The first kappa shape index (κ1) is 14.4. The average Bonchev–Trinajstić information content (AvgIpc) is 2.86. The third-order valence-electron chi connectivity index (χ3n) is 2.90. The first-order chi connectivity index (χ1) is 9.40. The number of hydrogen-bond acceptors (Lipinski definition) is 4. The van der Waals surface area contributed by atoms with Crippen LogP contribution in [0.25, 0.3) is 0 Å². The van der Waals surface area contributed by atoms with Gasteiger partial charge in [-0.1, -0.05) is 12.1 Å². The Kier molecular flexibility index (Phi) is 3.96. The maximum Gasteiger partial charge on any atom is 0.435 e. The summed E-state index contributed by atoms with van der Waals surface area (Å²) >= 11 is 0. The summed E-state index contributed by atoms with van der Waals surface area (Å²) in [5.41, 5.74) is 0.974. The third kappa shape index (κ3) is 3.28. The number of carbonyl (C=O) groups is 1. The van der Waals surface area contributed by atoms with Gasteiger partial charge in [-0.3, -0.25) is 4.84 Å². The van der Waals surface area contributed by atoms with E-state index < -0.39 is 11.7 Å². The molecule has 0 spiro atoms. The molecule has 0 bridgehead atoms. The van der Waals surface area contributed by atoms with E-state index in [0.29, 0.717) is 18.6 Å². The van der Waals surface area contributed by atoms with Crippen molar-refractivity contribution in [2.45, 2.75) is 38.8 Å². The van der Waals surface area contributed by atoms with Crippen LogP contribution in [0.3, 0.4) is 0 Å². The van der Waals surface area contributed by atoms with Crippen LogP contribution >= 0.6 is 0 Å². The lowest BCUT2D eigenvalue weighted by Gasteiger charge is -2.27. The molecule has 106 valence electrons. The fourth-order valence-corrected chi connectivity index (χ4v) is 2.04. The van der Waals surface area contributed by atoms with Crippen molar-refractivity contribution < 1.29 is 14.4 Å². The standard InChI is InChI=1S/C15H18N2O3/c1-15(2,3)20-14(18)17-13(8-9-19-17)12-6-4-11(10-16)5-7-12/h4-7,13H,8-9H2,1-3H3. The number of amides is 1. The Hall–Kier alpha value is -2.06. The molecule has 2 rings (SSSR count). The van der Waals surface area contributed by atoms with Gasteiger partial charge in [-0.2, -0.15) is 10.3 Å². The van der Waals surface area contributed by atoms with Gasteiger partial charge in [0.1, 0.15) is 5.60 Å². The highest BCUT2D eigenvalue weighted by molar-refractivity contribution is 5.67. The SMILES string of the molecule is CC(C)(C)OC(=O)N1OCCC1c1ccc(C#N)cc1. The second-order valence-corrected chi connectivity index (χ2v) is 5.68. The smallest absolute Gasteiger partial charge is 0.435 e. The molecule has 0 aliphatic carbocycles. The Morgan fingerprint density at radius 1 is 1.40 bits per heavy atom. The zero-order chi connectivity index (χ0) is 14.8. The van der Waals surface area contributed by atoms with Gasteiger partial charge in [0.05, 0.1) is 24.3 Å². The van der Waals surface area contributed by atoms with Gasteiger partial charge in [-0.15, -0.1) is 0 Å². The van der Waals surface area contributed by atoms with Crippen LogP contribution in [0.1, 0.15) is 44.4 Å². The number of nitrogens with zero attached hydrogens (tertiary/aromatic N) is 2. The predicted molar refractivity (Wildman–Crippen MR) is 72.5 cm³/mol. The Balaban J connectivity index is 2.14. The summed E-state index contributed by atoms with van der Waals surface area (Å²) in [7, 11) is 0. The molecule has 1 fully saturated rings. The Bertz CT molecular complexity index is 526. The molecule has 1 unspecified atom stereocenters. The molecule has 5 nitrogen and oxygen atoms in total. The van der Waals surface area contributed by atoms with Crippen LogP contribution in [0.5, 0.6) is 0 Å². The molecule has 1 aromatic rings. The van der Waals surface area contributed by atoms with E-state index in [1.165, 1.54) is 5.06 Å². The van der Waals surface area contributed by atoms with E-state index in [1.54, 1.807) is 12.1 Å². The predicted octanol–water partition coefficient (Wildman–Crippen LogP) is 3.17.